The maximum Gasteiger partial charge on any atom is 0.251 e. The predicted molar refractivity (Wildman–Crippen MR) is 107 cm³/mol. The fourth-order valence-electron chi connectivity index (χ4n) is 3.23. The van der Waals surface area contributed by atoms with Crippen LogP contribution in [0.3, 0.4) is 0 Å². The molecule has 8 nitrogen and oxygen atoms in total. The second kappa shape index (κ2) is 9.12. The van der Waals surface area contributed by atoms with Gasteiger partial charge in [0.2, 0.25) is 5.91 Å². The summed E-state index contributed by atoms with van der Waals surface area (Å²) in [4.78, 5) is 33.6. The summed E-state index contributed by atoms with van der Waals surface area (Å²) in [7, 11) is 1.54. The number of primary amides is 1. The highest BCUT2D eigenvalue weighted by molar-refractivity contribution is 6.13. The molecular formula is C19H25FN6O2. The standard InChI is InChI=1S/C19H25FN6O2/c1-4-14(27)26-7-5-6-13(10-26)24-19-16(20)11(2)15(18(22)28)17(25-19)12(8-21)9-23-3/h4,8-9,13H,1,5-7,10,21H2,2-3H3,(H2,22,28)(H,24,25)/t13-/m1/s1. The smallest absolute Gasteiger partial charge is 0.251 e. The molecule has 1 atom stereocenters. The van der Waals surface area contributed by atoms with Gasteiger partial charge in [-0.1, -0.05) is 6.58 Å². The van der Waals surface area contributed by atoms with Crippen molar-refractivity contribution in [1.29, 1.82) is 0 Å². The monoisotopic (exact) mass is 388 g/mol. The van der Waals surface area contributed by atoms with Crippen molar-refractivity contribution in [2.24, 2.45) is 16.5 Å². The molecule has 0 aromatic carbocycles. The molecule has 1 aliphatic rings. The minimum atomic E-state index is -0.810. The molecule has 1 aromatic rings. The number of hydrogen-bond donors (Lipinski definition) is 3. The quantitative estimate of drug-likeness (QED) is 0.499. The number of carbonyl (C=O) groups excluding carboxylic acids is 2. The molecule has 1 aromatic heterocycles. The average Bonchev–Trinajstić information content (AvgIpc) is 2.68. The number of carbonyl (C=O) groups is 2. The number of allylic oxidation sites excluding steroid dienone is 1. The van der Waals surface area contributed by atoms with Crippen LogP contribution < -0.4 is 16.8 Å². The molecular weight excluding hydrogens is 363 g/mol. The first-order valence-electron chi connectivity index (χ1n) is 8.86. The summed E-state index contributed by atoms with van der Waals surface area (Å²) >= 11 is 0. The number of amides is 2. The Labute approximate surface area is 163 Å². The Morgan fingerprint density at radius 1 is 1.46 bits per heavy atom. The van der Waals surface area contributed by atoms with Crippen LogP contribution in [0.4, 0.5) is 10.2 Å². The summed E-state index contributed by atoms with van der Waals surface area (Å²) in [5.41, 5.74) is 11.6. The SMILES string of the molecule is C=CC(=O)N1CCC[C@@H](Nc2nc(C(C=NC)=CN)c(C(N)=O)c(C)c2F)C1. The number of aliphatic imine (C=N–C) groups is 1. The van der Waals surface area contributed by atoms with E-state index >= 15 is 0 Å². The predicted octanol–water partition coefficient (Wildman–Crippen LogP) is 1.22. The third-order valence-corrected chi connectivity index (χ3v) is 4.59. The molecule has 0 spiro atoms. The largest absolute Gasteiger partial charge is 0.404 e. The summed E-state index contributed by atoms with van der Waals surface area (Å²) in [5.74, 6) is -1.68. The summed E-state index contributed by atoms with van der Waals surface area (Å²) < 4.78 is 14.9. The lowest BCUT2D eigenvalue weighted by atomic mass is 10.0. The van der Waals surface area contributed by atoms with Crippen LogP contribution in [0, 0.1) is 12.7 Å². The zero-order valence-corrected chi connectivity index (χ0v) is 16.0. The van der Waals surface area contributed by atoms with E-state index in [1.165, 1.54) is 32.5 Å². The van der Waals surface area contributed by atoms with Crippen molar-refractivity contribution in [1.82, 2.24) is 9.88 Å². The molecule has 0 unspecified atom stereocenters. The number of aromatic nitrogens is 1. The molecule has 1 aliphatic heterocycles. The zero-order valence-electron chi connectivity index (χ0n) is 16.0. The van der Waals surface area contributed by atoms with Gasteiger partial charge in [0.15, 0.2) is 11.6 Å². The molecule has 2 rings (SSSR count). The van der Waals surface area contributed by atoms with Crippen molar-refractivity contribution in [2.45, 2.75) is 25.8 Å². The lowest BCUT2D eigenvalue weighted by Gasteiger charge is -2.33. The third-order valence-electron chi connectivity index (χ3n) is 4.59. The van der Waals surface area contributed by atoms with Gasteiger partial charge in [-0.25, -0.2) is 9.37 Å². The number of halogens is 1. The van der Waals surface area contributed by atoms with Crippen LogP contribution >= 0.6 is 0 Å². The molecule has 28 heavy (non-hydrogen) atoms. The number of anilines is 1. The van der Waals surface area contributed by atoms with Gasteiger partial charge in [0.25, 0.3) is 5.91 Å². The van der Waals surface area contributed by atoms with Crippen molar-refractivity contribution < 1.29 is 14.0 Å². The van der Waals surface area contributed by atoms with Crippen LogP contribution in [-0.4, -0.2) is 54.1 Å². The fraction of sp³-hybridized carbons (Fsp3) is 0.368. The first kappa shape index (κ1) is 21.1. The van der Waals surface area contributed by atoms with E-state index in [1.54, 1.807) is 4.90 Å². The number of nitrogens with zero attached hydrogens (tertiary/aromatic N) is 3. The van der Waals surface area contributed by atoms with E-state index in [0.717, 1.165) is 12.8 Å². The lowest BCUT2D eigenvalue weighted by molar-refractivity contribution is -0.127. The number of nitrogens with one attached hydrogen (secondary N) is 1. The molecule has 5 N–H and O–H groups in total. The second-order valence-corrected chi connectivity index (χ2v) is 6.47. The summed E-state index contributed by atoms with van der Waals surface area (Å²) in [6, 6.07) is -0.198. The van der Waals surface area contributed by atoms with Gasteiger partial charge in [0.05, 0.1) is 11.3 Å². The fourth-order valence-corrected chi connectivity index (χ4v) is 3.23. The number of likely N-dealkylation sites (tertiary alicyclic amines) is 1. The van der Waals surface area contributed by atoms with Crippen molar-refractivity contribution in [3.63, 3.8) is 0 Å². The van der Waals surface area contributed by atoms with Gasteiger partial charge < -0.3 is 21.7 Å². The van der Waals surface area contributed by atoms with Gasteiger partial charge in [-0.05, 0) is 25.8 Å². The molecule has 2 heterocycles. The van der Waals surface area contributed by atoms with Crippen LogP contribution in [0.2, 0.25) is 0 Å². The maximum atomic E-state index is 14.9. The van der Waals surface area contributed by atoms with Crippen molar-refractivity contribution in [3.8, 4) is 0 Å². The van der Waals surface area contributed by atoms with E-state index in [2.05, 4.69) is 21.9 Å². The summed E-state index contributed by atoms with van der Waals surface area (Å²) in [6.45, 7) is 5.97. The normalized spacial score (nSPS) is 17.6. The molecule has 0 radical (unpaired) electrons. The Morgan fingerprint density at radius 3 is 2.75 bits per heavy atom. The van der Waals surface area contributed by atoms with Gasteiger partial charge in [0, 0.05) is 49.7 Å². The van der Waals surface area contributed by atoms with Crippen LogP contribution in [-0.2, 0) is 4.79 Å². The minimum absolute atomic E-state index is 0.0285. The zero-order chi connectivity index (χ0) is 20.8. The van der Waals surface area contributed by atoms with E-state index < -0.39 is 11.7 Å². The van der Waals surface area contributed by atoms with E-state index in [-0.39, 0.29) is 34.6 Å². The maximum absolute atomic E-state index is 14.9. The summed E-state index contributed by atoms with van der Waals surface area (Å²) in [5, 5.41) is 3.05. The minimum Gasteiger partial charge on any atom is -0.404 e. The average molecular weight is 388 g/mol. The highest BCUT2D eigenvalue weighted by Crippen LogP contribution is 2.27. The van der Waals surface area contributed by atoms with Crippen LogP contribution in [0.5, 0.6) is 0 Å². The molecule has 9 heteroatoms. The lowest BCUT2D eigenvalue weighted by Crippen LogP contribution is -2.44. The Balaban J connectivity index is 2.45. The molecule has 150 valence electrons. The molecule has 0 aliphatic carbocycles. The van der Waals surface area contributed by atoms with E-state index in [1.807, 2.05) is 0 Å². The van der Waals surface area contributed by atoms with E-state index in [4.69, 9.17) is 11.5 Å². The van der Waals surface area contributed by atoms with Crippen LogP contribution in [0.15, 0.2) is 23.8 Å². The van der Waals surface area contributed by atoms with Gasteiger partial charge in [-0.15, -0.1) is 0 Å². The second-order valence-electron chi connectivity index (χ2n) is 6.47. The van der Waals surface area contributed by atoms with Gasteiger partial charge >= 0.3 is 0 Å². The molecule has 2 amide bonds. The van der Waals surface area contributed by atoms with Crippen molar-refractivity contribution in [3.05, 3.63) is 41.5 Å². The number of piperidine rings is 1. The van der Waals surface area contributed by atoms with Crippen LogP contribution in [0.1, 0.15) is 34.5 Å². The number of hydrogen-bond acceptors (Lipinski definition) is 6. The first-order valence-corrected chi connectivity index (χ1v) is 8.86. The Hall–Kier alpha value is -3.23. The number of nitrogens with two attached hydrogens (primary N) is 2. The van der Waals surface area contributed by atoms with Gasteiger partial charge in [-0.2, -0.15) is 0 Å². The number of pyridine rings is 1. The highest BCUT2D eigenvalue weighted by atomic mass is 19.1. The van der Waals surface area contributed by atoms with E-state index in [0.29, 0.717) is 18.7 Å². The van der Waals surface area contributed by atoms with Gasteiger partial charge in [-0.3, -0.25) is 14.6 Å². The topological polar surface area (TPSA) is 127 Å². The van der Waals surface area contributed by atoms with E-state index in [9.17, 15) is 14.0 Å². The Bertz CT molecular complexity index is 849. The third kappa shape index (κ3) is 4.36. The Kier molecular flexibility index (Phi) is 6.86. The molecule has 1 fully saturated rings. The van der Waals surface area contributed by atoms with Gasteiger partial charge in [0.1, 0.15) is 0 Å². The van der Waals surface area contributed by atoms with Crippen LogP contribution in [0.25, 0.3) is 5.57 Å². The molecule has 1 saturated heterocycles. The first-order chi connectivity index (χ1) is 13.3. The van der Waals surface area contributed by atoms with Crippen molar-refractivity contribution in [2.75, 3.05) is 25.5 Å². The molecule has 0 saturated carbocycles. The summed E-state index contributed by atoms with van der Waals surface area (Å²) in [6.07, 6.45) is 5.41. The Morgan fingerprint density at radius 2 is 2.18 bits per heavy atom. The number of rotatable bonds is 6. The molecule has 0 bridgehead atoms. The van der Waals surface area contributed by atoms with Crippen molar-refractivity contribution >= 4 is 29.4 Å². The highest BCUT2D eigenvalue weighted by Gasteiger charge is 2.26.